The lowest BCUT2D eigenvalue weighted by atomic mass is 9.67. The first-order chi connectivity index (χ1) is 32.3. The van der Waals surface area contributed by atoms with Gasteiger partial charge in [0.2, 0.25) is 0 Å². The summed E-state index contributed by atoms with van der Waals surface area (Å²) in [4.78, 5) is 2.50. The third-order valence-electron chi connectivity index (χ3n) is 15.1. The zero-order chi connectivity index (χ0) is 44.6. The van der Waals surface area contributed by atoms with Crippen molar-refractivity contribution in [1.29, 1.82) is 0 Å². The van der Waals surface area contributed by atoms with Crippen LogP contribution in [0.1, 0.15) is 103 Å². The molecule has 0 bridgehead atoms. The summed E-state index contributed by atoms with van der Waals surface area (Å²) in [5.41, 5.74) is 23.8. The van der Waals surface area contributed by atoms with Crippen LogP contribution in [-0.2, 0) is 22.7 Å². The second-order valence-electron chi connectivity index (χ2n) is 19.8. The molecule has 0 amide bonds. The predicted molar refractivity (Wildman–Crippen MR) is 277 cm³/mol. The van der Waals surface area contributed by atoms with Crippen LogP contribution < -0.4 is 4.90 Å². The molecule has 0 aliphatic heterocycles. The van der Waals surface area contributed by atoms with E-state index < -0.39 is 10.8 Å². The highest BCUT2D eigenvalue weighted by atomic mass is 15.1. The number of hydrogen-bond acceptors (Lipinski definition) is 1. The average molecular weight is 850 g/mol. The minimum absolute atomic E-state index is 0.00350. The first kappa shape index (κ1) is 40.3. The molecule has 2 unspecified atom stereocenters. The minimum atomic E-state index is -0.516. The fourth-order valence-corrected chi connectivity index (χ4v) is 12.2. The Morgan fingerprint density at radius 2 is 0.833 bits per heavy atom. The smallest absolute Gasteiger partial charge is 0.0726 e. The molecule has 320 valence electrons. The van der Waals surface area contributed by atoms with Gasteiger partial charge in [-0.05, 0) is 144 Å². The largest absolute Gasteiger partial charge is 0.310 e. The number of rotatable bonds is 9. The van der Waals surface area contributed by atoms with Gasteiger partial charge in [-0.25, -0.2) is 0 Å². The molecular formula is C65H55N. The summed E-state index contributed by atoms with van der Waals surface area (Å²) in [5.74, 6) is 0. The van der Waals surface area contributed by atoms with Crippen LogP contribution in [0, 0.1) is 0 Å². The van der Waals surface area contributed by atoms with Crippen LogP contribution in [0.4, 0.5) is 17.1 Å². The SMILES string of the molecule is CCCCCc1cccc(C2(c3ccccc3)c3ccccc3-c3ccc(N(c4ccccc4)c4ccc5c(c4)C4(c6ccccc6-5)c5ccccc5-c5ccc(C(C)(C)C)cc54)cc32)c1. The molecule has 9 aromatic rings. The number of anilines is 3. The Balaban J connectivity index is 1.11. The Hall–Kier alpha value is -7.22. The van der Waals surface area contributed by atoms with E-state index in [9.17, 15) is 0 Å². The topological polar surface area (TPSA) is 3.24 Å². The summed E-state index contributed by atoms with van der Waals surface area (Å²) >= 11 is 0. The van der Waals surface area contributed by atoms with Crippen molar-refractivity contribution >= 4 is 17.1 Å². The van der Waals surface area contributed by atoms with Crippen molar-refractivity contribution in [1.82, 2.24) is 0 Å². The van der Waals surface area contributed by atoms with Crippen molar-refractivity contribution in [2.75, 3.05) is 4.90 Å². The van der Waals surface area contributed by atoms with Crippen molar-refractivity contribution < 1.29 is 0 Å². The Morgan fingerprint density at radius 3 is 1.41 bits per heavy atom. The lowest BCUT2D eigenvalue weighted by Gasteiger charge is -2.35. The Bertz CT molecular complexity index is 3300. The van der Waals surface area contributed by atoms with Gasteiger partial charge in [0.05, 0.1) is 10.8 Å². The minimum Gasteiger partial charge on any atom is -0.310 e. The van der Waals surface area contributed by atoms with Crippen molar-refractivity contribution in [3.05, 3.63) is 268 Å². The molecule has 0 saturated carbocycles. The number of hydrogen-bond donors (Lipinski definition) is 0. The second-order valence-corrected chi connectivity index (χ2v) is 19.8. The van der Waals surface area contributed by atoms with E-state index in [2.05, 4.69) is 245 Å². The molecule has 0 N–H and O–H groups in total. The van der Waals surface area contributed by atoms with Gasteiger partial charge >= 0.3 is 0 Å². The summed E-state index contributed by atoms with van der Waals surface area (Å²) in [6.45, 7) is 9.30. The molecule has 0 radical (unpaired) electrons. The number of benzene rings is 9. The summed E-state index contributed by atoms with van der Waals surface area (Å²) in [7, 11) is 0. The third-order valence-corrected chi connectivity index (χ3v) is 15.1. The second kappa shape index (κ2) is 15.5. The normalized spacial score (nSPS) is 17.2. The van der Waals surface area contributed by atoms with Crippen LogP contribution in [0.3, 0.4) is 0 Å². The van der Waals surface area contributed by atoms with Gasteiger partial charge in [0, 0.05) is 17.1 Å². The van der Waals surface area contributed by atoms with E-state index in [0.717, 1.165) is 23.5 Å². The monoisotopic (exact) mass is 849 g/mol. The van der Waals surface area contributed by atoms with Crippen molar-refractivity contribution in [3.63, 3.8) is 0 Å². The maximum atomic E-state index is 2.53. The molecule has 0 saturated heterocycles. The molecular weight excluding hydrogens is 795 g/mol. The molecule has 1 spiro atoms. The van der Waals surface area contributed by atoms with Gasteiger partial charge in [-0.3, -0.25) is 0 Å². The Morgan fingerprint density at radius 1 is 0.364 bits per heavy atom. The predicted octanol–water partition coefficient (Wildman–Crippen LogP) is 16.9. The molecule has 1 nitrogen and oxygen atoms in total. The molecule has 1 heteroatoms. The van der Waals surface area contributed by atoms with E-state index in [0.29, 0.717) is 0 Å². The van der Waals surface area contributed by atoms with Gasteiger partial charge < -0.3 is 4.90 Å². The molecule has 0 heterocycles. The highest BCUT2D eigenvalue weighted by Crippen LogP contribution is 2.64. The number of para-hydroxylation sites is 1. The van der Waals surface area contributed by atoms with E-state index in [-0.39, 0.29) is 5.41 Å². The zero-order valence-electron chi connectivity index (χ0n) is 38.5. The van der Waals surface area contributed by atoms with Gasteiger partial charge in [0.1, 0.15) is 0 Å². The van der Waals surface area contributed by atoms with Gasteiger partial charge in [0.15, 0.2) is 0 Å². The van der Waals surface area contributed by atoms with Crippen LogP contribution in [0.5, 0.6) is 0 Å². The van der Waals surface area contributed by atoms with Gasteiger partial charge in [-0.2, -0.15) is 0 Å². The van der Waals surface area contributed by atoms with Crippen LogP contribution in [0.15, 0.2) is 212 Å². The van der Waals surface area contributed by atoms with Crippen LogP contribution >= 0.6 is 0 Å². The highest BCUT2D eigenvalue weighted by Gasteiger charge is 2.52. The summed E-state index contributed by atoms with van der Waals surface area (Å²) in [6.07, 6.45) is 4.74. The lowest BCUT2D eigenvalue weighted by Crippen LogP contribution is -2.29. The molecule has 2 atom stereocenters. The van der Waals surface area contributed by atoms with E-state index in [1.807, 2.05) is 0 Å². The maximum Gasteiger partial charge on any atom is 0.0726 e. The quantitative estimate of drug-likeness (QED) is 0.131. The molecule has 66 heavy (non-hydrogen) atoms. The van der Waals surface area contributed by atoms with Gasteiger partial charge in [0.25, 0.3) is 0 Å². The Labute approximate surface area is 391 Å². The molecule has 9 aromatic carbocycles. The molecule has 0 aromatic heterocycles. The van der Waals surface area contributed by atoms with Crippen LogP contribution in [0.25, 0.3) is 33.4 Å². The lowest BCUT2D eigenvalue weighted by molar-refractivity contribution is 0.588. The summed E-state index contributed by atoms with van der Waals surface area (Å²) in [5, 5.41) is 0. The third kappa shape index (κ3) is 5.85. The van der Waals surface area contributed by atoms with E-state index in [1.54, 1.807) is 0 Å². The summed E-state index contributed by atoms with van der Waals surface area (Å²) in [6, 6.07) is 81.1. The first-order valence-electron chi connectivity index (χ1n) is 24.1. The Kier molecular flexibility index (Phi) is 9.44. The summed E-state index contributed by atoms with van der Waals surface area (Å²) < 4.78 is 0. The fourth-order valence-electron chi connectivity index (χ4n) is 12.2. The van der Waals surface area contributed by atoms with E-state index in [4.69, 9.17) is 0 Å². The van der Waals surface area contributed by atoms with Crippen molar-refractivity contribution in [3.8, 4) is 33.4 Å². The number of unbranched alkanes of at least 4 members (excludes halogenated alkanes) is 2. The van der Waals surface area contributed by atoms with Crippen molar-refractivity contribution in [2.24, 2.45) is 0 Å². The standard InChI is InChI=1S/C65H55N/c1-5-6-9-21-44-22-20-25-47(40-44)64(45-23-10-7-11-24-45)57-31-17-14-28-51(57)55-38-35-49(42-61(55)64)66(48-26-12-8-13-27-48)50-36-39-56-53-30-16-19-33-59(53)65(62(56)43-50)58-32-18-15-29-52(58)54-37-34-46(41-60(54)65)63(2,3)4/h7-8,10-20,22-43H,5-6,9,21H2,1-4H3. The van der Waals surface area contributed by atoms with E-state index >= 15 is 0 Å². The van der Waals surface area contributed by atoms with Gasteiger partial charge in [-0.1, -0.05) is 216 Å². The van der Waals surface area contributed by atoms with Crippen LogP contribution in [-0.4, -0.2) is 0 Å². The molecule has 3 aliphatic rings. The fraction of sp³-hybridized carbons (Fsp3) is 0.169. The molecule has 0 fully saturated rings. The van der Waals surface area contributed by atoms with E-state index in [1.165, 1.54) is 108 Å². The molecule has 12 rings (SSSR count). The molecule has 3 aliphatic carbocycles. The van der Waals surface area contributed by atoms with Gasteiger partial charge in [-0.15, -0.1) is 0 Å². The average Bonchev–Trinajstić information content (AvgIpc) is 3.94. The van der Waals surface area contributed by atoms with Crippen molar-refractivity contribution in [2.45, 2.75) is 69.6 Å². The maximum absolute atomic E-state index is 2.53. The number of fused-ring (bicyclic) bond motifs is 13. The number of aryl methyl sites for hydroxylation is 1. The number of nitrogens with zero attached hydrogens (tertiary/aromatic N) is 1. The zero-order valence-corrected chi connectivity index (χ0v) is 38.5. The van der Waals surface area contributed by atoms with Crippen LogP contribution in [0.2, 0.25) is 0 Å². The highest BCUT2D eigenvalue weighted by molar-refractivity contribution is 5.97. The first-order valence-corrected chi connectivity index (χ1v) is 24.1.